The zero-order chi connectivity index (χ0) is 55.7. The van der Waals surface area contributed by atoms with E-state index in [4.69, 9.17) is 14.2 Å². The summed E-state index contributed by atoms with van der Waals surface area (Å²) in [5, 5.41) is 0. The molecule has 1 unspecified atom stereocenters. The summed E-state index contributed by atoms with van der Waals surface area (Å²) in [5.74, 6) is -0.867. The number of ether oxygens (including phenoxy) is 3. The highest BCUT2D eigenvalue weighted by molar-refractivity contribution is 5.71. The highest BCUT2D eigenvalue weighted by atomic mass is 16.6. The zero-order valence-electron chi connectivity index (χ0n) is 51.5. The van der Waals surface area contributed by atoms with Gasteiger partial charge in [-0.25, -0.2) is 0 Å². The van der Waals surface area contributed by atoms with E-state index in [9.17, 15) is 14.4 Å². The van der Waals surface area contributed by atoms with Crippen molar-refractivity contribution < 1.29 is 28.6 Å². The molecule has 0 aliphatic heterocycles. The summed E-state index contributed by atoms with van der Waals surface area (Å²) in [7, 11) is 0. The molecule has 0 N–H and O–H groups in total. The number of esters is 3. The normalized spacial score (nSPS) is 12.4. The molecule has 6 heteroatoms. The molecule has 0 heterocycles. The molecule has 0 saturated heterocycles. The van der Waals surface area contributed by atoms with Crippen molar-refractivity contribution in [3.05, 3.63) is 60.8 Å². The summed E-state index contributed by atoms with van der Waals surface area (Å²) in [6.07, 6.45) is 83.7. The molecule has 0 fully saturated rings. The van der Waals surface area contributed by atoms with Crippen LogP contribution in [0.2, 0.25) is 0 Å². The van der Waals surface area contributed by atoms with Crippen molar-refractivity contribution in [1.29, 1.82) is 0 Å². The molecule has 0 saturated carbocycles. The quantitative estimate of drug-likeness (QED) is 0.0261. The Bertz CT molecular complexity index is 1380. The van der Waals surface area contributed by atoms with Gasteiger partial charge < -0.3 is 14.2 Å². The molecular weight excluding hydrogens is 949 g/mol. The maximum atomic E-state index is 12.9. The van der Waals surface area contributed by atoms with Crippen LogP contribution >= 0.6 is 0 Å². The van der Waals surface area contributed by atoms with E-state index in [0.29, 0.717) is 19.3 Å². The van der Waals surface area contributed by atoms with Crippen LogP contribution in [0.25, 0.3) is 0 Å². The Kier molecular flexibility index (Phi) is 63.2. The van der Waals surface area contributed by atoms with Gasteiger partial charge in [0, 0.05) is 19.3 Å². The van der Waals surface area contributed by atoms with E-state index < -0.39 is 6.10 Å². The number of hydrogen-bond acceptors (Lipinski definition) is 6. The van der Waals surface area contributed by atoms with Gasteiger partial charge in [-0.3, -0.25) is 14.4 Å². The minimum Gasteiger partial charge on any atom is -0.462 e. The molecule has 0 bridgehead atoms. The molecule has 0 aromatic carbocycles. The van der Waals surface area contributed by atoms with Gasteiger partial charge in [0.25, 0.3) is 0 Å². The lowest BCUT2D eigenvalue weighted by Gasteiger charge is -2.18. The Morgan fingerprint density at radius 2 is 0.506 bits per heavy atom. The van der Waals surface area contributed by atoms with Gasteiger partial charge in [-0.05, 0) is 83.5 Å². The summed E-state index contributed by atoms with van der Waals surface area (Å²) >= 11 is 0. The van der Waals surface area contributed by atoms with Gasteiger partial charge in [0.2, 0.25) is 0 Å². The van der Waals surface area contributed by atoms with Gasteiger partial charge in [-0.1, -0.05) is 313 Å². The fourth-order valence-electron chi connectivity index (χ4n) is 9.96. The summed E-state index contributed by atoms with van der Waals surface area (Å²) in [6.45, 7) is 6.57. The molecule has 448 valence electrons. The lowest BCUT2D eigenvalue weighted by molar-refractivity contribution is -0.167. The molecule has 0 amide bonds. The highest BCUT2D eigenvalue weighted by Gasteiger charge is 2.19. The van der Waals surface area contributed by atoms with Crippen LogP contribution in [0.1, 0.15) is 355 Å². The summed E-state index contributed by atoms with van der Waals surface area (Å²) in [5.41, 5.74) is 0. The number of unbranched alkanes of at least 4 members (excludes halogenated alkanes) is 41. The van der Waals surface area contributed by atoms with Gasteiger partial charge in [0.15, 0.2) is 6.10 Å². The van der Waals surface area contributed by atoms with Crippen molar-refractivity contribution >= 4 is 17.9 Å². The number of rotatable bonds is 62. The molecule has 6 nitrogen and oxygen atoms in total. The molecule has 0 spiro atoms. The average Bonchev–Trinajstić information content (AvgIpc) is 3.43. The second kappa shape index (κ2) is 65.6. The molecule has 0 aromatic heterocycles. The van der Waals surface area contributed by atoms with Gasteiger partial charge in [0.05, 0.1) is 0 Å². The van der Waals surface area contributed by atoms with E-state index in [1.165, 1.54) is 225 Å². The molecule has 0 aromatic rings. The van der Waals surface area contributed by atoms with Crippen LogP contribution in [0.5, 0.6) is 0 Å². The van der Waals surface area contributed by atoms with Crippen LogP contribution < -0.4 is 0 Å². The van der Waals surface area contributed by atoms with E-state index in [-0.39, 0.29) is 31.1 Å². The Balaban J connectivity index is 4.34. The molecule has 1 atom stereocenters. The second-order valence-corrected chi connectivity index (χ2v) is 22.7. The van der Waals surface area contributed by atoms with Crippen molar-refractivity contribution in [3.8, 4) is 0 Å². The van der Waals surface area contributed by atoms with Gasteiger partial charge in [-0.15, -0.1) is 0 Å². The molecule has 0 radical (unpaired) electrons. The number of hydrogen-bond donors (Lipinski definition) is 0. The van der Waals surface area contributed by atoms with Crippen LogP contribution in [-0.2, 0) is 28.6 Å². The van der Waals surface area contributed by atoms with E-state index in [1.807, 2.05) is 0 Å². The third-order valence-electron chi connectivity index (χ3n) is 15.0. The number of allylic oxidation sites excluding steroid dienone is 10. The average molecular weight is 1080 g/mol. The van der Waals surface area contributed by atoms with Crippen LogP contribution in [-0.4, -0.2) is 37.2 Å². The second-order valence-electron chi connectivity index (χ2n) is 22.7. The van der Waals surface area contributed by atoms with Crippen molar-refractivity contribution in [2.75, 3.05) is 13.2 Å². The lowest BCUT2D eigenvalue weighted by atomic mass is 10.0. The predicted octanol–water partition coefficient (Wildman–Crippen LogP) is 23.1. The molecular formula is C71H128O6. The van der Waals surface area contributed by atoms with E-state index >= 15 is 0 Å². The predicted molar refractivity (Wildman–Crippen MR) is 335 cm³/mol. The van der Waals surface area contributed by atoms with E-state index in [0.717, 1.165) is 89.9 Å². The van der Waals surface area contributed by atoms with Gasteiger partial charge in [0.1, 0.15) is 13.2 Å². The Hall–Kier alpha value is -2.89. The van der Waals surface area contributed by atoms with Crippen LogP contribution in [0.3, 0.4) is 0 Å². The first kappa shape index (κ1) is 74.1. The smallest absolute Gasteiger partial charge is 0.306 e. The van der Waals surface area contributed by atoms with E-state index in [2.05, 4.69) is 81.5 Å². The molecule has 0 rings (SSSR count). The largest absolute Gasteiger partial charge is 0.462 e. The topological polar surface area (TPSA) is 78.9 Å². The standard InChI is InChI=1S/C71H128O6/c1-4-7-10-13-16-19-22-25-28-31-33-35-37-40-43-46-49-52-55-58-61-64-70(73)76-67-68(66-75-69(72)63-60-57-54-51-48-45-42-39-30-27-24-21-18-15-12-9-6-3)77-71(74)65-62-59-56-53-50-47-44-41-38-36-34-32-29-26-23-20-17-14-11-8-5-2/h9,12,18,21-22,25,27,30-31,33,68H,4-8,10-11,13-17,19-20,23-24,26,28-29,32,34-67H2,1-3H3/b12-9-,21-18-,25-22-,30-27-,33-31-. The SMILES string of the molecule is CC/C=C\C/C=C\C/C=C\CCCCCCCCCC(=O)OCC(COC(=O)CCCCCCCCCCC/C=C\C/C=C\CCCCCCC)OC(=O)CCCCCCCCCCCCCCCCCCCCCCC. The first-order valence-electron chi connectivity index (χ1n) is 33.8. The minimum atomic E-state index is -0.780. The Morgan fingerprint density at radius 3 is 0.792 bits per heavy atom. The van der Waals surface area contributed by atoms with Crippen molar-refractivity contribution in [2.24, 2.45) is 0 Å². The summed E-state index contributed by atoms with van der Waals surface area (Å²) in [4.78, 5) is 38.4. The maximum absolute atomic E-state index is 12.9. The zero-order valence-corrected chi connectivity index (χ0v) is 51.5. The molecule has 0 aliphatic rings. The lowest BCUT2D eigenvalue weighted by Crippen LogP contribution is -2.30. The first-order valence-corrected chi connectivity index (χ1v) is 33.8. The first-order chi connectivity index (χ1) is 38.0. The molecule has 77 heavy (non-hydrogen) atoms. The maximum Gasteiger partial charge on any atom is 0.306 e. The minimum absolute atomic E-state index is 0.0764. The van der Waals surface area contributed by atoms with Crippen molar-refractivity contribution in [1.82, 2.24) is 0 Å². The fraction of sp³-hybridized carbons (Fsp3) is 0.817. The molecule has 0 aliphatic carbocycles. The van der Waals surface area contributed by atoms with Gasteiger partial charge >= 0.3 is 17.9 Å². The number of carbonyl (C=O) groups is 3. The summed E-state index contributed by atoms with van der Waals surface area (Å²) < 4.78 is 17.0. The van der Waals surface area contributed by atoms with Crippen molar-refractivity contribution in [3.63, 3.8) is 0 Å². The highest BCUT2D eigenvalue weighted by Crippen LogP contribution is 2.18. The number of carbonyl (C=O) groups excluding carboxylic acids is 3. The van der Waals surface area contributed by atoms with Crippen LogP contribution in [0.15, 0.2) is 60.8 Å². The Morgan fingerprint density at radius 1 is 0.273 bits per heavy atom. The van der Waals surface area contributed by atoms with Crippen LogP contribution in [0.4, 0.5) is 0 Å². The monoisotopic (exact) mass is 1080 g/mol. The Labute approximate surface area is 479 Å². The van der Waals surface area contributed by atoms with Crippen LogP contribution in [0, 0.1) is 0 Å². The third-order valence-corrected chi connectivity index (χ3v) is 15.0. The van der Waals surface area contributed by atoms with Gasteiger partial charge in [-0.2, -0.15) is 0 Å². The third kappa shape index (κ3) is 63.8. The summed E-state index contributed by atoms with van der Waals surface area (Å²) in [6, 6.07) is 0. The fourth-order valence-corrected chi connectivity index (χ4v) is 9.96. The van der Waals surface area contributed by atoms with Crippen molar-refractivity contribution in [2.45, 2.75) is 361 Å². The van der Waals surface area contributed by atoms with E-state index in [1.54, 1.807) is 0 Å².